The van der Waals surface area contributed by atoms with E-state index in [-0.39, 0.29) is 31.9 Å². The van der Waals surface area contributed by atoms with Crippen LogP contribution in [-0.2, 0) is 90.9 Å². The van der Waals surface area contributed by atoms with Gasteiger partial charge < -0.3 is 73.6 Å². The van der Waals surface area contributed by atoms with Crippen LogP contribution in [0.15, 0.2) is 97.2 Å². The van der Waals surface area contributed by atoms with Gasteiger partial charge in [-0.3, -0.25) is 9.59 Å². The fourth-order valence-corrected chi connectivity index (χ4v) is 5.12. The summed E-state index contributed by atoms with van der Waals surface area (Å²) in [6, 6.07) is 0. The molecule has 0 aromatic rings. The third-order valence-electron chi connectivity index (χ3n) is 8.89. The van der Waals surface area contributed by atoms with Gasteiger partial charge in [0.1, 0.15) is 5.78 Å². The molecule has 0 aromatic heterocycles. The first-order chi connectivity index (χ1) is 38.0. The van der Waals surface area contributed by atoms with Gasteiger partial charge in [-0.05, 0) is 70.4 Å². The number of Topliss-reactive ketones (excluding diaryl/α,β-unsaturated/α-hetero) is 1. The molecule has 8 N–H and O–H groups in total. The molecule has 28 heteroatoms. The molecule has 0 rings (SSSR count). The first-order valence-corrected chi connectivity index (χ1v) is 24.6. The summed E-state index contributed by atoms with van der Waals surface area (Å²) in [5.74, 6) is -10.8. The number of hydrogen-bond acceptors (Lipinski definition) is 23. The maximum atomic E-state index is 11.5. The summed E-state index contributed by atoms with van der Waals surface area (Å²) in [5, 5.41) is 52.2. The van der Waals surface area contributed by atoms with Gasteiger partial charge in [0.2, 0.25) is 0 Å². The third-order valence-corrected chi connectivity index (χ3v) is 8.89. The fourth-order valence-electron chi connectivity index (χ4n) is 5.12. The highest BCUT2D eigenvalue weighted by Crippen LogP contribution is 2.15. The predicted octanol–water partition coefficient (Wildman–Crippen LogP) is 1.48. The van der Waals surface area contributed by atoms with Crippen LogP contribution < -0.4 is 21.5 Å². The average molecular weight is 1140 g/mol. The molecule has 0 aliphatic rings. The summed E-state index contributed by atoms with van der Waals surface area (Å²) in [6.07, 6.45) is 16.9. The lowest BCUT2D eigenvalue weighted by atomic mass is 9.92. The van der Waals surface area contributed by atoms with Crippen molar-refractivity contribution in [2.45, 2.75) is 71.1 Å². The second-order valence-corrected chi connectivity index (χ2v) is 15.7. The van der Waals surface area contributed by atoms with Crippen LogP contribution in [0.3, 0.4) is 0 Å². The molecule has 0 spiro atoms. The van der Waals surface area contributed by atoms with Gasteiger partial charge in [-0.1, -0.05) is 42.9 Å². The minimum Gasteiger partial charge on any atom is -0.545 e. The van der Waals surface area contributed by atoms with Gasteiger partial charge in [-0.15, -0.1) is 0 Å². The number of carbonyl (C=O) groups is 11. The van der Waals surface area contributed by atoms with Gasteiger partial charge >= 0.3 is 47.8 Å². The zero-order chi connectivity index (χ0) is 60.6. The van der Waals surface area contributed by atoms with Gasteiger partial charge in [-0.2, -0.15) is 16.4 Å². The highest BCUT2D eigenvalue weighted by atomic mass is 16.7. The summed E-state index contributed by atoms with van der Waals surface area (Å²) in [6.45, 7) is 14.3. The highest BCUT2D eigenvalue weighted by Gasteiger charge is 2.17. The van der Waals surface area contributed by atoms with Crippen molar-refractivity contribution in [3.63, 3.8) is 0 Å². The molecule has 1 atom stereocenters. The molecular weight excluding hydrogens is 1070 g/mol. The van der Waals surface area contributed by atoms with E-state index in [2.05, 4.69) is 44.1 Å². The van der Waals surface area contributed by atoms with Crippen LogP contribution in [0.25, 0.3) is 0 Å². The van der Waals surface area contributed by atoms with Crippen LogP contribution in [-0.4, -0.2) is 177 Å². The van der Waals surface area contributed by atoms with Gasteiger partial charge in [0.15, 0.2) is 5.78 Å². The molecule has 0 saturated heterocycles. The van der Waals surface area contributed by atoms with Crippen molar-refractivity contribution in [3.8, 4) is 0 Å². The van der Waals surface area contributed by atoms with Crippen LogP contribution in [0, 0.1) is 5.92 Å². The molecule has 0 bridgehead atoms. The van der Waals surface area contributed by atoms with Crippen LogP contribution in [0.5, 0.6) is 0 Å². The second kappa shape index (κ2) is 54.5. The van der Waals surface area contributed by atoms with Crippen molar-refractivity contribution in [2.24, 2.45) is 5.92 Å². The van der Waals surface area contributed by atoms with Crippen molar-refractivity contribution in [1.82, 2.24) is 16.4 Å². The van der Waals surface area contributed by atoms with Crippen molar-refractivity contribution >= 4 is 65.3 Å². The standard InChI is InChI=1S/C20H31NO9.C16H23NO8.C16H21NO8/c1-17(6-7-18(22)23)5-2-3-11-27-13-15-29-16-14-28-12-4-10-21-30-20(26)9-8-19(24)25;1-13(4-5-14(18)19)3-2-9-23-11-12-24-10-8-17-25-16(22)7-6-15(20)21;1-11(18)12(10-13(19)5-6-14(20)21)4-2-3-9-17-25-16(24)8-7-15(22)23/h6-9,21H,1-5,10-16H2,(H,22,23)(H,24,25);4-7,17H,1-3,8-12H2,(H,18,19)(H,20,21);5-8,12,17H,2-4,9-10H2,1H3,(H,20,21)(H,22,23)/p-1/b7-6-,9-8-;5-4-,7-6-;6-5-,8-7-/t;;12-/m..1/s1. The number of allylic oxidation sites excluding steroid dienone is 5. The zero-order valence-electron chi connectivity index (χ0n) is 44.6. The minimum absolute atomic E-state index is 0.0818. The molecule has 0 saturated carbocycles. The quantitative estimate of drug-likeness (QED) is 0.0141. The summed E-state index contributed by atoms with van der Waals surface area (Å²) < 4.78 is 26.7. The van der Waals surface area contributed by atoms with E-state index in [0.29, 0.717) is 122 Å². The van der Waals surface area contributed by atoms with E-state index in [1.54, 1.807) is 0 Å². The van der Waals surface area contributed by atoms with E-state index in [4.69, 9.17) is 49.2 Å². The predicted molar refractivity (Wildman–Crippen MR) is 278 cm³/mol. The molecule has 28 nitrogen and oxygen atoms in total. The maximum absolute atomic E-state index is 11.5. The van der Waals surface area contributed by atoms with E-state index in [0.717, 1.165) is 73.3 Å². The summed E-state index contributed by atoms with van der Waals surface area (Å²) in [5.41, 5.74) is 8.61. The zero-order valence-corrected chi connectivity index (χ0v) is 44.6. The van der Waals surface area contributed by atoms with Crippen LogP contribution in [0.4, 0.5) is 0 Å². The normalized spacial score (nSPS) is 11.5. The second-order valence-electron chi connectivity index (χ2n) is 15.7. The number of nitrogens with one attached hydrogen (secondary N) is 3. The SMILES string of the molecule is C=C(/C=C\C(=O)O)CCCCOCCOCCOCCCNOC(=O)/C=C\C(=O)O.C=C(/C=C\C(=O)O)CCCOCCOCCNOC(=O)/C=C\C(=O)O.CC(=O)[C@H](CCCCNOC(=O)/C=C\C(=O)O)CC(=O)/C=C\C(=O)[O-]. The number of rotatable bonds is 48. The van der Waals surface area contributed by atoms with Gasteiger partial charge in [0.25, 0.3) is 0 Å². The van der Waals surface area contributed by atoms with E-state index in [1.165, 1.54) is 19.1 Å². The van der Waals surface area contributed by atoms with E-state index >= 15 is 0 Å². The fraction of sp³-hybridized carbons (Fsp3) is 0.481. The number of hydrogen-bond donors (Lipinski definition) is 8. The minimum atomic E-state index is -1.48. The van der Waals surface area contributed by atoms with Crippen molar-refractivity contribution in [3.05, 3.63) is 97.2 Å². The average Bonchev–Trinajstić information content (AvgIpc) is 3.39. The Bertz CT molecular complexity index is 2000. The van der Waals surface area contributed by atoms with Crippen LogP contribution in [0.1, 0.15) is 71.1 Å². The number of hydroxylamine groups is 3. The number of carboxylic acids is 6. The maximum Gasteiger partial charge on any atom is 0.349 e. The topological polar surface area (TPSA) is 422 Å². The number of carbonyl (C=O) groups excluding carboxylic acids is 6. The molecule has 0 aliphatic carbocycles. The Balaban J connectivity index is -0.00000112. The van der Waals surface area contributed by atoms with Crippen LogP contribution >= 0.6 is 0 Å². The number of ether oxygens (including phenoxy) is 5. The Kier molecular flexibility index (Phi) is 52.1. The number of ketones is 2. The van der Waals surface area contributed by atoms with Gasteiger partial charge in [0.05, 0.1) is 58.8 Å². The summed E-state index contributed by atoms with van der Waals surface area (Å²) in [7, 11) is 0. The highest BCUT2D eigenvalue weighted by molar-refractivity contribution is 5.97. The molecule has 0 unspecified atom stereocenters. The van der Waals surface area contributed by atoms with Crippen LogP contribution in [0.2, 0.25) is 0 Å². The van der Waals surface area contributed by atoms with E-state index < -0.39 is 65.4 Å². The first kappa shape index (κ1) is 76.4. The van der Waals surface area contributed by atoms with Gasteiger partial charge in [-0.25, -0.2) is 38.4 Å². The smallest absolute Gasteiger partial charge is 0.349 e. The van der Waals surface area contributed by atoms with Crippen molar-refractivity contribution in [1.29, 1.82) is 0 Å². The number of aliphatic carboxylic acids is 6. The third kappa shape index (κ3) is 64.5. The molecule has 0 radical (unpaired) electrons. The summed E-state index contributed by atoms with van der Waals surface area (Å²) in [4.78, 5) is 131. The Morgan fingerprint density at radius 2 is 0.775 bits per heavy atom. The van der Waals surface area contributed by atoms with E-state index in [9.17, 15) is 57.8 Å². The molecule has 0 amide bonds. The Labute approximate surface area is 462 Å². The lowest BCUT2D eigenvalue weighted by molar-refractivity contribution is -0.297. The van der Waals surface area contributed by atoms with Crippen molar-refractivity contribution < 1.29 is 122 Å². The Morgan fingerprint density at radius 1 is 0.412 bits per heavy atom. The molecule has 0 heterocycles. The molecule has 0 aromatic carbocycles. The lowest BCUT2D eigenvalue weighted by Gasteiger charge is -2.12. The first-order valence-electron chi connectivity index (χ1n) is 24.6. The molecule has 0 aliphatic heterocycles. The van der Waals surface area contributed by atoms with Crippen molar-refractivity contribution in [2.75, 3.05) is 85.7 Å². The largest absolute Gasteiger partial charge is 0.545 e. The molecule has 80 heavy (non-hydrogen) atoms. The number of unbranched alkanes of at least 4 members (excludes halogenated alkanes) is 2. The molecular formula is C52H74N3O25-. The molecule has 448 valence electrons. The lowest BCUT2D eigenvalue weighted by Crippen LogP contribution is -2.23. The molecule has 0 fully saturated rings. The van der Waals surface area contributed by atoms with Gasteiger partial charge in [0, 0.05) is 93.9 Å². The Hall–Kier alpha value is -7.83. The monoisotopic (exact) mass is 1140 g/mol. The van der Waals surface area contributed by atoms with E-state index in [1.807, 2.05) is 0 Å². The Morgan fingerprint density at radius 3 is 1.20 bits per heavy atom. The summed E-state index contributed by atoms with van der Waals surface area (Å²) >= 11 is 0. The number of carboxylic acid groups (broad SMARTS) is 6.